The Balaban J connectivity index is 1.83. The van der Waals surface area contributed by atoms with Crippen molar-refractivity contribution in [1.82, 2.24) is 9.99 Å². The average molecular weight is 351 g/mol. The SMILES string of the molecule is COc1ccc(/C(C)=N\NC(=O)c2cn(C)c3ccccc23)cc1OC. The van der Waals surface area contributed by atoms with Gasteiger partial charge in [0.05, 0.1) is 25.5 Å². The molecule has 26 heavy (non-hydrogen) atoms. The molecule has 2 aromatic carbocycles. The summed E-state index contributed by atoms with van der Waals surface area (Å²) in [5.41, 5.74) is 5.72. The minimum absolute atomic E-state index is 0.248. The van der Waals surface area contributed by atoms with Gasteiger partial charge >= 0.3 is 0 Å². The van der Waals surface area contributed by atoms with Crippen molar-refractivity contribution in [2.45, 2.75) is 6.92 Å². The fraction of sp³-hybridized carbons (Fsp3) is 0.200. The first-order valence-corrected chi connectivity index (χ1v) is 8.16. The number of rotatable bonds is 5. The first-order chi connectivity index (χ1) is 12.5. The van der Waals surface area contributed by atoms with Crippen LogP contribution in [0.2, 0.25) is 0 Å². The molecular weight excluding hydrogens is 330 g/mol. The average Bonchev–Trinajstić information content (AvgIpc) is 3.02. The van der Waals surface area contributed by atoms with E-state index in [4.69, 9.17) is 9.47 Å². The van der Waals surface area contributed by atoms with E-state index in [0.717, 1.165) is 16.5 Å². The third kappa shape index (κ3) is 3.26. The molecule has 1 N–H and O–H groups in total. The van der Waals surface area contributed by atoms with Crippen LogP contribution in [0.15, 0.2) is 53.8 Å². The first-order valence-electron chi connectivity index (χ1n) is 8.16. The highest BCUT2D eigenvalue weighted by Gasteiger charge is 2.13. The highest BCUT2D eigenvalue weighted by atomic mass is 16.5. The molecule has 3 aromatic rings. The van der Waals surface area contributed by atoms with Crippen molar-refractivity contribution in [2.24, 2.45) is 12.1 Å². The summed E-state index contributed by atoms with van der Waals surface area (Å²) in [6.07, 6.45) is 1.81. The molecule has 0 bridgehead atoms. The van der Waals surface area contributed by atoms with E-state index in [1.165, 1.54) is 0 Å². The first kappa shape index (κ1) is 17.5. The second kappa shape index (κ2) is 7.31. The van der Waals surface area contributed by atoms with Gasteiger partial charge in [0.2, 0.25) is 0 Å². The van der Waals surface area contributed by atoms with Crippen LogP contribution >= 0.6 is 0 Å². The third-order valence-electron chi connectivity index (χ3n) is 4.27. The van der Waals surface area contributed by atoms with E-state index in [2.05, 4.69) is 10.5 Å². The van der Waals surface area contributed by atoms with Gasteiger partial charge in [-0.05, 0) is 31.2 Å². The van der Waals surface area contributed by atoms with Crippen LogP contribution in [-0.4, -0.2) is 30.4 Å². The standard InChI is InChI=1S/C20H21N3O3/c1-13(14-9-10-18(25-3)19(11-14)26-4)21-22-20(24)16-12-23(2)17-8-6-5-7-15(16)17/h5-12H,1-4H3,(H,22,24)/b21-13-. The molecule has 134 valence electrons. The summed E-state index contributed by atoms with van der Waals surface area (Å²) in [6, 6.07) is 13.3. The van der Waals surface area contributed by atoms with Crippen molar-refractivity contribution < 1.29 is 14.3 Å². The number of para-hydroxylation sites is 1. The molecule has 0 aliphatic carbocycles. The Kier molecular flexibility index (Phi) is 4.93. The van der Waals surface area contributed by atoms with E-state index in [-0.39, 0.29) is 5.91 Å². The number of aromatic nitrogens is 1. The molecule has 6 heteroatoms. The number of nitrogens with zero attached hydrogens (tertiary/aromatic N) is 2. The molecule has 1 aromatic heterocycles. The summed E-state index contributed by atoms with van der Waals surface area (Å²) >= 11 is 0. The molecule has 0 saturated heterocycles. The maximum Gasteiger partial charge on any atom is 0.273 e. The van der Waals surface area contributed by atoms with Crippen molar-refractivity contribution in [3.05, 3.63) is 59.8 Å². The van der Waals surface area contributed by atoms with Crippen LogP contribution < -0.4 is 14.9 Å². The zero-order valence-electron chi connectivity index (χ0n) is 15.2. The highest BCUT2D eigenvalue weighted by molar-refractivity contribution is 6.08. The van der Waals surface area contributed by atoms with E-state index in [1.54, 1.807) is 26.5 Å². The molecule has 0 unspecified atom stereocenters. The van der Waals surface area contributed by atoms with Gasteiger partial charge in [-0.25, -0.2) is 5.43 Å². The van der Waals surface area contributed by atoms with Gasteiger partial charge in [0.1, 0.15) is 0 Å². The number of hydrogen-bond acceptors (Lipinski definition) is 4. The largest absolute Gasteiger partial charge is 0.493 e. The lowest BCUT2D eigenvalue weighted by atomic mass is 10.1. The minimum atomic E-state index is -0.248. The Morgan fingerprint density at radius 1 is 1.08 bits per heavy atom. The summed E-state index contributed by atoms with van der Waals surface area (Å²) in [7, 11) is 5.08. The van der Waals surface area contributed by atoms with Crippen LogP contribution in [0.25, 0.3) is 10.9 Å². The van der Waals surface area contributed by atoms with Crippen LogP contribution in [0.5, 0.6) is 11.5 Å². The lowest BCUT2D eigenvalue weighted by Gasteiger charge is -2.09. The van der Waals surface area contributed by atoms with Gasteiger partial charge in [-0.2, -0.15) is 5.10 Å². The summed E-state index contributed by atoms with van der Waals surface area (Å²) in [5, 5.41) is 5.12. The van der Waals surface area contributed by atoms with Crippen LogP contribution in [0, 0.1) is 0 Å². The fourth-order valence-corrected chi connectivity index (χ4v) is 2.84. The minimum Gasteiger partial charge on any atom is -0.493 e. The molecule has 0 aliphatic heterocycles. The Hall–Kier alpha value is -3.28. The van der Waals surface area contributed by atoms with Gasteiger partial charge in [-0.1, -0.05) is 18.2 Å². The molecular formula is C20H21N3O3. The van der Waals surface area contributed by atoms with Crippen LogP contribution in [0.1, 0.15) is 22.8 Å². The van der Waals surface area contributed by atoms with Gasteiger partial charge in [-0.3, -0.25) is 4.79 Å². The van der Waals surface area contributed by atoms with E-state index in [9.17, 15) is 4.79 Å². The summed E-state index contributed by atoms with van der Waals surface area (Å²) in [4.78, 5) is 12.6. The topological polar surface area (TPSA) is 64.8 Å². The van der Waals surface area contributed by atoms with E-state index < -0.39 is 0 Å². The quantitative estimate of drug-likeness (QED) is 0.566. The smallest absolute Gasteiger partial charge is 0.273 e. The monoisotopic (exact) mass is 351 g/mol. The van der Waals surface area contributed by atoms with E-state index >= 15 is 0 Å². The third-order valence-corrected chi connectivity index (χ3v) is 4.27. The maximum atomic E-state index is 12.6. The summed E-state index contributed by atoms with van der Waals surface area (Å²) < 4.78 is 12.5. The molecule has 0 spiro atoms. The Bertz CT molecular complexity index is 989. The molecule has 3 rings (SSSR count). The summed E-state index contributed by atoms with van der Waals surface area (Å²) in [6.45, 7) is 1.82. The van der Waals surface area contributed by atoms with Crippen LogP contribution in [-0.2, 0) is 7.05 Å². The number of benzene rings is 2. The number of carbonyl (C=O) groups excluding carboxylic acids is 1. The lowest BCUT2D eigenvalue weighted by molar-refractivity contribution is 0.0956. The molecule has 0 fully saturated rings. The number of hydrogen-bond donors (Lipinski definition) is 1. The van der Waals surface area contributed by atoms with Gasteiger partial charge in [0.25, 0.3) is 5.91 Å². The number of ether oxygens (including phenoxy) is 2. The van der Waals surface area contributed by atoms with Crippen molar-refractivity contribution in [2.75, 3.05) is 14.2 Å². The van der Waals surface area contributed by atoms with Gasteiger partial charge in [0, 0.05) is 29.7 Å². The second-order valence-electron chi connectivity index (χ2n) is 5.88. The van der Waals surface area contributed by atoms with E-state index in [1.807, 2.05) is 54.9 Å². The second-order valence-corrected chi connectivity index (χ2v) is 5.88. The molecule has 0 saturated carbocycles. The number of amides is 1. The summed E-state index contributed by atoms with van der Waals surface area (Å²) in [5.74, 6) is 1.00. The predicted molar refractivity (Wildman–Crippen MR) is 102 cm³/mol. The number of methoxy groups -OCH3 is 2. The lowest BCUT2D eigenvalue weighted by Crippen LogP contribution is -2.19. The molecule has 1 heterocycles. The number of carbonyl (C=O) groups is 1. The van der Waals surface area contributed by atoms with Crippen molar-refractivity contribution >= 4 is 22.5 Å². The molecule has 0 radical (unpaired) electrons. The Morgan fingerprint density at radius 2 is 1.81 bits per heavy atom. The number of fused-ring (bicyclic) bond motifs is 1. The molecule has 0 atom stereocenters. The predicted octanol–water partition coefficient (Wildman–Crippen LogP) is 3.35. The van der Waals surface area contributed by atoms with Crippen LogP contribution in [0.4, 0.5) is 0 Å². The zero-order chi connectivity index (χ0) is 18.7. The number of hydrazone groups is 1. The molecule has 6 nitrogen and oxygen atoms in total. The number of nitrogens with one attached hydrogen (secondary N) is 1. The normalized spacial score (nSPS) is 11.5. The van der Waals surface area contributed by atoms with Crippen molar-refractivity contribution in [1.29, 1.82) is 0 Å². The van der Waals surface area contributed by atoms with Gasteiger partial charge in [-0.15, -0.1) is 0 Å². The maximum absolute atomic E-state index is 12.6. The highest BCUT2D eigenvalue weighted by Crippen LogP contribution is 2.27. The zero-order valence-corrected chi connectivity index (χ0v) is 15.2. The van der Waals surface area contributed by atoms with Crippen molar-refractivity contribution in [3.63, 3.8) is 0 Å². The molecule has 1 amide bonds. The molecule has 0 aliphatic rings. The van der Waals surface area contributed by atoms with Gasteiger partial charge in [0.15, 0.2) is 11.5 Å². The van der Waals surface area contributed by atoms with E-state index in [0.29, 0.717) is 22.8 Å². The van der Waals surface area contributed by atoms with Crippen LogP contribution in [0.3, 0.4) is 0 Å². The Morgan fingerprint density at radius 3 is 2.54 bits per heavy atom. The number of aryl methyl sites for hydroxylation is 1. The van der Waals surface area contributed by atoms with Gasteiger partial charge < -0.3 is 14.0 Å². The Labute approximate surface area is 152 Å². The fourth-order valence-electron chi connectivity index (χ4n) is 2.84. The van der Waals surface area contributed by atoms with Crippen molar-refractivity contribution in [3.8, 4) is 11.5 Å².